The summed E-state index contributed by atoms with van der Waals surface area (Å²) in [4.78, 5) is 35.9. The number of carbonyl (C=O) groups excluding carboxylic acids is 3. The molecule has 0 bridgehead atoms. The molecule has 1 heterocycles. The van der Waals surface area contributed by atoms with Crippen LogP contribution in [-0.4, -0.2) is 17.7 Å². The molecule has 0 spiro atoms. The molecule has 3 amide bonds. The fourth-order valence-electron chi connectivity index (χ4n) is 3.40. The fraction of sp³-hybridized carbons (Fsp3) is 0.250. The lowest BCUT2D eigenvalue weighted by Crippen LogP contribution is -2.50. The zero-order chi connectivity index (χ0) is 18.1. The smallest absolute Gasteiger partial charge is 0.255 e. The zero-order valence-corrected chi connectivity index (χ0v) is 14.2. The lowest BCUT2D eigenvalue weighted by atomic mass is 10.1. The molecule has 4 rings (SSSR count). The number of nitrogens with one attached hydrogen (secondary N) is 2. The van der Waals surface area contributed by atoms with E-state index in [1.807, 2.05) is 12.1 Å². The minimum atomic E-state index is -0.205. The van der Waals surface area contributed by atoms with E-state index >= 15 is 0 Å². The standard InChI is InChI=1S/C20H19N3O3/c24-18-10-11-19(25)23(22-18)17-8-5-14(6-9-17)20(26)21-16-7-4-13-2-1-3-15(13)12-16/h4-9,12H,1-3,10-11H2,(H,21,26)(H,22,24). The summed E-state index contributed by atoms with van der Waals surface area (Å²) in [5.41, 5.74) is 7.02. The van der Waals surface area contributed by atoms with E-state index in [-0.39, 0.29) is 30.6 Å². The number of hydrazine groups is 1. The van der Waals surface area contributed by atoms with Gasteiger partial charge in [-0.1, -0.05) is 6.07 Å². The summed E-state index contributed by atoms with van der Waals surface area (Å²) < 4.78 is 0. The van der Waals surface area contributed by atoms with Gasteiger partial charge >= 0.3 is 0 Å². The van der Waals surface area contributed by atoms with Crippen LogP contribution in [0.25, 0.3) is 0 Å². The van der Waals surface area contributed by atoms with Crippen molar-refractivity contribution in [2.75, 3.05) is 10.3 Å². The highest BCUT2D eigenvalue weighted by atomic mass is 16.2. The predicted molar refractivity (Wildman–Crippen MR) is 97.7 cm³/mol. The maximum atomic E-state index is 12.5. The topological polar surface area (TPSA) is 78.5 Å². The highest BCUT2D eigenvalue weighted by Gasteiger charge is 2.24. The van der Waals surface area contributed by atoms with Crippen molar-refractivity contribution >= 4 is 29.1 Å². The number of aryl methyl sites for hydroxylation is 2. The molecule has 2 aromatic carbocycles. The number of nitrogens with zero attached hydrogens (tertiary/aromatic N) is 1. The number of fused-ring (bicyclic) bond motifs is 1. The molecule has 6 heteroatoms. The Balaban J connectivity index is 1.47. The van der Waals surface area contributed by atoms with E-state index in [9.17, 15) is 14.4 Å². The van der Waals surface area contributed by atoms with Crippen LogP contribution in [0.4, 0.5) is 11.4 Å². The van der Waals surface area contributed by atoms with Gasteiger partial charge in [0.2, 0.25) is 11.8 Å². The Morgan fingerprint density at radius 3 is 2.50 bits per heavy atom. The Bertz CT molecular complexity index is 890. The number of rotatable bonds is 3. The molecule has 132 valence electrons. The van der Waals surface area contributed by atoms with Gasteiger partial charge < -0.3 is 5.32 Å². The molecular formula is C20H19N3O3. The summed E-state index contributed by atoms with van der Waals surface area (Å²) in [5.74, 6) is -0.563. The van der Waals surface area contributed by atoms with Crippen molar-refractivity contribution in [3.8, 4) is 0 Å². The second kappa shape index (κ2) is 6.63. The molecule has 0 radical (unpaired) electrons. The maximum absolute atomic E-state index is 12.5. The Kier molecular flexibility index (Phi) is 4.16. The molecule has 26 heavy (non-hydrogen) atoms. The third-order valence-corrected chi connectivity index (χ3v) is 4.80. The Labute approximate surface area is 151 Å². The Hall–Kier alpha value is -3.15. The zero-order valence-electron chi connectivity index (χ0n) is 14.2. The van der Waals surface area contributed by atoms with Crippen LogP contribution in [0.15, 0.2) is 42.5 Å². The first kappa shape index (κ1) is 16.3. The lowest BCUT2D eigenvalue weighted by molar-refractivity contribution is -0.130. The van der Waals surface area contributed by atoms with Crippen LogP contribution in [0.3, 0.4) is 0 Å². The first-order valence-electron chi connectivity index (χ1n) is 8.76. The third-order valence-electron chi connectivity index (χ3n) is 4.80. The summed E-state index contributed by atoms with van der Waals surface area (Å²) in [5, 5.41) is 4.14. The molecule has 6 nitrogen and oxygen atoms in total. The highest BCUT2D eigenvalue weighted by molar-refractivity contribution is 6.05. The molecule has 0 saturated carbocycles. The molecule has 1 aliphatic carbocycles. The van der Waals surface area contributed by atoms with E-state index in [1.165, 1.54) is 22.6 Å². The quantitative estimate of drug-likeness (QED) is 0.894. The molecule has 2 N–H and O–H groups in total. The molecule has 2 aliphatic rings. The molecule has 1 fully saturated rings. The fourth-order valence-corrected chi connectivity index (χ4v) is 3.40. The molecule has 1 saturated heterocycles. The van der Waals surface area contributed by atoms with Crippen molar-refractivity contribution < 1.29 is 14.4 Å². The Morgan fingerprint density at radius 2 is 1.69 bits per heavy atom. The molecule has 0 unspecified atom stereocenters. The number of hydrogen-bond acceptors (Lipinski definition) is 3. The minimum Gasteiger partial charge on any atom is -0.322 e. The van der Waals surface area contributed by atoms with Gasteiger partial charge in [-0.2, -0.15) is 0 Å². The predicted octanol–water partition coefficient (Wildman–Crippen LogP) is 2.59. The van der Waals surface area contributed by atoms with E-state index < -0.39 is 0 Å². The van der Waals surface area contributed by atoms with Crippen molar-refractivity contribution in [3.05, 3.63) is 59.2 Å². The summed E-state index contributed by atoms with van der Waals surface area (Å²) in [6.07, 6.45) is 3.73. The van der Waals surface area contributed by atoms with Crippen molar-refractivity contribution in [1.29, 1.82) is 0 Å². The largest absolute Gasteiger partial charge is 0.322 e. The van der Waals surface area contributed by atoms with Crippen LogP contribution in [0.2, 0.25) is 0 Å². The van der Waals surface area contributed by atoms with Crippen LogP contribution in [0.1, 0.15) is 40.7 Å². The van der Waals surface area contributed by atoms with Gasteiger partial charge in [-0.3, -0.25) is 19.8 Å². The molecule has 0 atom stereocenters. The van der Waals surface area contributed by atoms with Gasteiger partial charge in [0.15, 0.2) is 0 Å². The Morgan fingerprint density at radius 1 is 0.923 bits per heavy atom. The van der Waals surface area contributed by atoms with Gasteiger partial charge in [0.05, 0.1) is 5.69 Å². The van der Waals surface area contributed by atoms with Crippen LogP contribution in [-0.2, 0) is 22.4 Å². The summed E-state index contributed by atoms with van der Waals surface area (Å²) in [6, 6.07) is 12.6. The van der Waals surface area contributed by atoms with E-state index in [1.54, 1.807) is 24.3 Å². The summed E-state index contributed by atoms with van der Waals surface area (Å²) >= 11 is 0. The lowest BCUT2D eigenvalue weighted by Gasteiger charge is -2.27. The van der Waals surface area contributed by atoms with Gasteiger partial charge in [0.1, 0.15) is 0 Å². The van der Waals surface area contributed by atoms with Crippen LogP contribution in [0.5, 0.6) is 0 Å². The minimum absolute atomic E-state index is 0.167. The first-order chi connectivity index (χ1) is 12.6. The molecule has 2 aromatic rings. The molecular weight excluding hydrogens is 330 g/mol. The van der Waals surface area contributed by atoms with Crippen LogP contribution >= 0.6 is 0 Å². The highest BCUT2D eigenvalue weighted by Crippen LogP contribution is 2.25. The van der Waals surface area contributed by atoms with Crippen LogP contribution < -0.4 is 15.8 Å². The van der Waals surface area contributed by atoms with Crippen molar-refractivity contribution in [3.63, 3.8) is 0 Å². The SMILES string of the molecule is O=C1CCC(=O)N(c2ccc(C(=O)Nc3ccc4c(c3)CCC4)cc2)N1. The van der Waals surface area contributed by atoms with Crippen molar-refractivity contribution in [1.82, 2.24) is 5.43 Å². The van der Waals surface area contributed by atoms with Gasteiger partial charge in [0, 0.05) is 24.1 Å². The normalized spacial score (nSPS) is 16.2. The van der Waals surface area contributed by atoms with Gasteiger partial charge in [-0.15, -0.1) is 0 Å². The number of anilines is 2. The number of hydrogen-bond donors (Lipinski definition) is 2. The maximum Gasteiger partial charge on any atom is 0.255 e. The monoisotopic (exact) mass is 349 g/mol. The van der Waals surface area contributed by atoms with E-state index in [2.05, 4.69) is 16.8 Å². The van der Waals surface area contributed by atoms with E-state index in [0.717, 1.165) is 18.5 Å². The van der Waals surface area contributed by atoms with E-state index in [0.29, 0.717) is 11.3 Å². The number of carbonyl (C=O) groups is 3. The average Bonchev–Trinajstić information content (AvgIpc) is 3.11. The van der Waals surface area contributed by atoms with Gasteiger partial charge in [0.25, 0.3) is 5.91 Å². The summed E-state index contributed by atoms with van der Waals surface area (Å²) in [7, 11) is 0. The van der Waals surface area contributed by atoms with Crippen molar-refractivity contribution in [2.45, 2.75) is 32.1 Å². The number of amides is 3. The first-order valence-corrected chi connectivity index (χ1v) is 8.76. The molecule has 0 aromatic heterocycles. The van der Waals surface area contributed by atoms with Gasteiger partial charge in [-0.05, 0) is 66.8 Å². The van der Waals surface area contributed by atoms with Gasteiger partial charge in [-0.25, -0.2) is 5.01 Å². The van der Waals surface area contributed by atoms with Crippen LogP contribution in [0, 0.1) is 0 Å². The number of benzene rings is 2. The third kappa shape index (κ3) is 3.18. The molecule has 1 aliphatic heterocycles. The second-order valence-corrected chi connectivity index (χ2v) is 6.60. The van der Waals surface area contributed by atoms with Crippen molar-refractivity contribution in [2.24, 2.45) is 0 Å². The average molecular weight is 349 g/mol. The second-order valence-electron chi connectivity index (χ2n) is 6.60. The summed E-state index contributed by atoms with van der Waals surface area (Å²) in [6.45, 7) is 0. The van der Waals surface area contributed by atoms with E-state index in [4.69, 9.17) is 0 Å².